The second kappa shape index (κ2) is 13.6. The fraction of sp³-hybridized carbons (Fsp3) is 0. The molecule has 57 heavy (non-hydrogen) atoms. The van der Waals surface area contributed by atoms with Crippen LogP contribution in [0.4, 0.5) is 0 Å². The van der Waals surface area contributed by atoms with Gasteiger partial charge in [0.15, 0.2) is 11.4 Å². The van der Waals surface area contributed by atoms with E-state index in [0.29, 0.717) is 11.4 Å². The molecule has 0 fully saturated rings. The standard InChI is InChI=1S/C54H34N2O/c1-3-14-35(15-4-1)43-32-44(36-16-5-2-6-17-36)34-45(33-43)41-23-11-21-39(30-41)40-22-12-24-42(31-40)54-55-50(48-27-13-20-37-18-7-9-25-46(37)48)53-51(56-54)49-29-28-38-19-8-10-26-47(38)52(49)57-53/h1-34H. The van der Waals surface area contributed by atoms with E-state index in [1.165, 1.54) is 27.8 Å². The molecule has 0 saturated carbocycles. The topological polar surface area (TPSA) is 38.9 Å². The van der Waals surface area contributed by atoms with Crippen molar-refractivity contribution in [2.24, 2.45) is 0 Å². The average molecular weight is 727 g/mol. The third kappa shape index (κ3) is 5.85. The van der Waals surface area contributed by atoms with E-state index < -0.39 is 0 Å². The van der Waals surface area contributed by atoms with Crippen molar-refractivity contribution in [3.05, 3.63) is 206 Å². The molecule has 0 aliphatic carbocycles. The van der Waals surface area contributed by atoms with Crippen molar-refractivity contribution in [3.8, 4) is 67.2 Å². The molecule has 0 N–H and O–H groups in total. The van der Waals surface area contributed by atoms with Crippen LogP contribution in [0.5, 0.6) is 0 Å². The maximum Gasteiger partial charge on any atom is 0.180 e. The lowest BCUT2D eigenvalue weighted by Gasteiger charge is -2.13. The van der Waals surface area contributed by atoms with Crippen molar-refractivity contribution in [1.82, 2.24) is 9.97 Å². The summed E-state index contributed by atoms with van der Waals surface area (Å²) in [5.74, 6) is 0.655. The molecule has 0 bridgehead atoms. The molecule has 2 heterocycles. The Morgan fingerprint density at radius 1 is 0.298 bits per heavy atom. The van der Waals surface area contributed by atoms with Gasteiger partial charge in [0.25, 0.3) is 0 Å². The Bertz CT molecular complexity index is 3230. The van der Waals surface area contributed by atoms with E-state index in [0.717, 1.165) is 71.5 Å². The summed E-state index contributed by atoms with van der Waals surface area (Å²) in [5.41, 5.74) is 14.4. The van der Waals surface area contributed by atoms with Gasteiger partial charge in [-0.3, -0.25) is 0 Å². The van der Waals surface area contributed by atoms with Crippen LogP contribution >= 0.6 is 0 Å². The Morgan fingerprint density at radius 2 is 0.772 bits per heavy atom. The molecule has 0 amide bonds. The SMILES string of the molecule is c1ccc(-c2cc(-c3ccccc3)cc(-c3cccc(-c4cccc(-c5nc(-c6cccc7ccccc67)c6oc7c8ccccc8ccc7c6n5)c4)c3)c2)cc1. The lowest BCUT2D eigenvalue weighted by molar-refractivity contribution is 0.671. The van der Waals surface area contributed by atoms with Crippen LogP contribution in [-0.2, 0) is 0 Å². The largest absolute Gasteiger partial charge is 0.451 e. The van der Waals surface area contributed by atoms with Gasteiger partial charge in [0, 0.05) is 21.9 Å². The third-order valence-electron chi connectivity index (χ3n) is 11.0. The highest BCUT2D eigenvalue weighted by atomic mass is 16.3. The molecular weight excluding hydrogens is 693 g/mol. The van der Waals surface area contributed by atoms with Crippen LogP contribution in [0.2, 0.25) is 0 Å². The number of aromatic nitrogens is 2. The Hall–Kier alpha value is -7.62. The van der Waals surface area contributed by atoms with E-state index in [1.54, 1.807) is 0 Å². The van der Waals surface area contributed by atoms with Gasteiger partial charge in [0.1, 0.15) is 16.8 Å². The van der Waals surface area contributed by atoms with Crippen LogP contribution < -0.4 is 0 Å². The summed E-state index contributed by atoms with van der Waals surface area (Å²) < 4.78 is 6.79. The molecule has 2 aromatic heterocycles. The Labute approximate surface area is 330 Å². The molecule has 0 aliphatic rings. The number of hydrogen-bond acceptors (Lipinski definition) is 3. The maximum absolute atomic E-state index is 6.79. The summed E-state index contributed by atoms with van der Waals surface area (Å²) in [5, 5.41) is 5.43. The van der Waals surface area contributed by atoms with E-state index in [4.69, 9.17) is 14.4 Å². The monoisotopic (exact) mass is 726 g/mol. The molecular formula is C54H34N2O. The van der Waals surface area contributed by atoms with Crippen LogP contribution in [0.15, 0.2) is 211 Å². The molecule has 0 saturated heterocycles. The average Bonchev–Trinajstić information content (AvgIpc) is 3.68. The number of benzene rings is 9. The summed E-state index contributed by atoms with van der Waals surface area (Å²) in [4.78, 5) is 10.6. The summed E-state index contributed by atoms with van der Waals surface area (Å²) >= 11 is 0. The molecule has 3 heteroatoms. The number of hydrogen-bond donors (Lipinski definition) is 0. The highest BCUT2D eigenvalue weighted by molar-refractivity contribution is 6.16. The van der Waals surface area contributed by atoms with Crippen molar-refractivity contribution < 1.29 is 4.42 Å². The van der Waals surface area contributed by atoms with E-state index in [1.807, 2.05) is 0 Å². The normalized spacial score (nSPS) is 11.5. The smallest absolute Gasteiger partial charge is 0.180 e. The van der Waals surface area contributed by atoms with Gasteiger partial charge < -0.3 is 4.42 Å². The predicted octanol–water partition coefficient (Wildman–Crippen LogP) is 14.7. The second-order valence-electron chi connectivity index (χ2n) is 14.6. The van der Waals surface area contributed by atoms with Crippen LogP contribution in [-0.4, -0.2) is 9.97 Å². The quantitative estimate of drug-likeness (QED) is 0.171. The Balaban J connectivity index is 1.06. The van der Waals surface area contributed by atoms with Gasteiger partial charge >= 0.3 is 0 Å². The molecule has 0 aliphatic heterocycles. The van der Waals surface area contributed by atoms with Gasteiger partial charge in [-0.15, -0.1) is 0 Å². The summed E-state index contributed by atoms with van der Waals surface area (Å²) in [6.07, 6.45) is 0. The fourth-order valence-electron chi connectivity index (χ4n) is 8.22. The first-order chi connectivity index (χ1) is 28.2. The minimum Gasteiger partial charge on any atom is -0.451 e. The number of fused-ring (bicyclic) bond motifs is 6. The molecule has 0 radical (unpaired) electrons. The minimum absolute atomic E-state index is 0.655. The predicted molar refractivity (Wildman–Crippen MR) is 237 cm³/mol. The number of nitrogens with zero attached hydrogens (tertiary/aromatic N) is 2. The first kappa shape index (κ1) is 32.8. The molecule has 11 rings (SSSR count). The molecule has 9 aromatic carbocycles. The zero-order valence-corrected chi connectivity index (χ0v) is 30.9. The second-order valence-corrected chi connectivity index (χ2v) is 14.6. The molecule has 0 spiro atoms. The van der Waals surface area contributed by atoms with Gasteiger partial charge in [-0.1, -0.05) is 170 Å². The highest BCUT2D eigenvalue weighted by Gasteiger charge is 2.21. The van der Waals surface area contributed by atoms with Gasteiger partial charge in [-0.05, 0) is 97.1 Å². The van der Waals surface area contributed by atoms with Crippen molar-refractivity contribution in [2.45, 2.75) is 0 Å². The summed E-state index contributed by atoms with van der Waals surface area (Å²) in [6.45, 7) is 0. The van der Waals surface area contributed by atoms with Crippen LogP contribution in [0, 0.1) is 0 Å². The minimum atomic E-state index is 0.655. The van der Waals surface area contributed by atoms with Gasteiger partial charge in [0.2, 0.25) is 0 Å². The fourth-order valence-corrected chi connectivity index (χ4v) is 8.22. The van der Waals surface area contributed by atoms with Gasteiger partial charge in [0.05, 0.1) is 0 Å². The lowest BCUT2D eigenvalue weighted by Crippen LogP contribution is -1.95. The maximum atomic E-state index is 6.79. The van der Waals surface area contributed by atoms with E-state index in [-0.39, 0.29) is 0 Å². The molecule has 11 aromatic rings. The first-order valence-corrected chi connectivity index (χ1v) is 19.3. The molecule has 266 valence electrons. The zero-order chi connectivity index (χ0) is 37.7. The lowest BCUT2D eigenvalue weighted by atomic mass is 9.92. The number of furan rings is 1. The zero-order valence-electron chi connectivity index (χ0n) is 30.9. The van der Waals surface area contributed by atoms with Crippen molar-refractivity contribution >= 4 is 43.6 Å². The van der Waals surface area contributed by atoms with E-state index in [2.05, 4.69) is 206 Å². The molecule has 0 unspecified atom stereocenters. The van der Waals surface area contributed by atoms with Gasteiger partial charge in [-0.25, -0.2) is 9.97 Å². The Kier molecular flexibility index (Phi) is 7.82. The van der Waals surface area contributed by atoms with Crippen LogP contribution in [0.1, 0.15) is 0 Å². The highest BCUT2D eigenvalue weighted by Crippen LogP contribution is 2.41. The van der Waals surface area contributed by atoms with Crippen molar-refractivity contribution in [2.75, 3.05) is 0 Å². The van der Waals surface area contributed by atoms with E-state index >= 15 is 0 Å². The summed E-state index contributed by atoms with van der Waals surface area (Å²) in [7, 11) is 0. The first-order valence-electron chi connectivity index (χ1n) is 19.3. The number of rotatable bonds is 6. The molecule has 3 nitrogen and oxygen atoms in total. The van der Waals surface area contributed by atoms with E-state index in [9.17, 15) is 0 Å². The van der Waals surface area contributed by atoms with Crippen molar-refractivity contribution in [3.63, 3.8) is 0 Å². The summed E-state index contributed by atoms with van der Waals surface area (Å²) in [6, 6.07) is 73.0. The van der Waals surface area contributed by atoms with Crippen LogP contribution in [0.3, 0.4) is 0 Å². The third-order valence-corrected chi connectivity index (χ3v) is 11.0. The van der Waals surface area contributed by atoms with Gasteiger partial charge in [-0.2, -0.15) is 0 Å². The van der Waals surface area contributed by atoms with Crippen molar-refractivity contribution in [1.29, 1.82) is 0 Å². The molecule has 0 atom stereocenters. The Morgan fingerprint density at radius 3 is 1.46 bits per heavy atom. The van der Waals surface area contributed by atoms with Crippen LogP contribution in [0.25, 0.3) is 111 Å².